The minimum Gasteiger partial charge on any atom is -0.339 e. The Bertz CT molecular complexity index is 961. The summed E-state index contributed by atoms with van der Waals surface area (Å²) >= 11 is 0. The molecule has 1 N–H and O–H groups in total. The first-order valence-corrected chi connectivity index (χ1v) is 9.75. The summed E-state index contributed by atoms with van der Waals surface area (Å²) in [4.78, 5) is 18.9. The maximum atomic E-state index is 12.9. The Balaban J connectivity index is 1.28. The first-order valence-electron chi connectivity index (χ1n) is 9.75. The van der Waals surface area contributed by atoms with Gasteiger partial charge in [-0.15, -0.1) is 0 Å². The fourth-order valence-corrected chi connectivity index (χ4v) is 3.50. The Morgan fingerprint density at radius 1 is 1.14 bits per heavy atom. The smallest absolute Gasteiger partial charge is 0.238 e. The van der Waals surface area contributed by atoms with Gasteiger partial charge in [-0.3, -0.25) is 9.69 Å². The van der Waals surface area contributed by atoms with Crippen LogP contribution in [0.5, 0.6) is 0 Å². The summed E-state index contributed by atoms with van der Waals surface area (Å²) < 4.78 is 18.5. The first kappa shape index (κ1) is 19.3. The number of rotatable bonds is 5. The van der Waals surface area contributed by atoms with Crippen LogP contribution in [0.15, 0.2) is 53.1 Å². The van der Waals surface area contributed by atoms with Gasteiger partial charge in [0, 0.05) is 17.2 Å². The summed E-state index contributed by atoms with van der Waals surface area (Å²) in [5, 5.41) is 6.92. The van der Waals surface area contributed by atoms with Gasteiger partial charge in [-0.25, -0.2) is 4.39 Å². The molecule has 1 amide bonds. The lowest BCUT2D eigenvalue weighted by Gasteiger charge is -2.29. The van der Waals surface area contributed by atoms with E-state index in [1.807, 2.05) is 31.2 Å². The number of hydrogen-bond donors (Lipinski definition) is 1. The van der Waals surface area contributed by atoms with Crippen LogP contribution in [0.2, 0.25) is 0 Å². The molecule has 1 saturated heterocycles. The third kappa shape index (κ3) is 4.86. The number of piperidine rings is 1. The molecule has 1 aromatic heterocycles. The van der Waals surface area contributed by atoms with E-state index in [4.69, 9.17) is 4.52 Å². The Morgan fingerprint density at radius 2 is 1.83 bits per heavy atom. The third-order valence-corrected chi connectivity index (χ3v) is 5.18. The van der Waals surface area contributed by atoms with E-state index in [1.165, 1.54) is 17.7 Å². The highest BCUT2D eigenvalue weighted by molar-refractivity contribution is 5.92. The van der Waals surface area contributed by atoms with Crippen molar-refractivity contribution in [3.8, 4) is 11.4 Å². The zero-order valence-corrected chi connectivity index (χ0v) is 16.3. The van der Waals surface area contributed by atoms with Crippen molar-refractivity contribution in [1.82, 2.24) is 15.0 Å². The molecular formula is C22H23FN4O2. The van der Waals surface area contributed by atoms with Crippen LogP contribution in [0.3, 0.4) is 0 Å². The largest absolute Gasteiger partial charge is 0.339 e. The summed E-state index contributed by atoms with van der Waals surface area (Å²) in [5.74, 6) is 1.06. The maximum Gasteiger partial charge on any atom is 0.238 e. The van der Waals surface area contributed by atoms with Crippen LogP contribution < -0.4 is 5.32 Å². The molecule has 0 bridgehead atoms. The van der Waals surface area contributed by atoms with E-state index in [-0.39, 0.29) is 17.6 Å². The van der Waals surface area contributed by atoms with Gasteiger partial charge in [-0.2, -0.15) is 4.98 Å². The van der Waals surface area contributed by atoms with Crippen molar-refractivity contribution < 1.29 is 13.7 Å². The highest BCUT2D eigenvalue weighted by Gasteiger charge is 2.26. The second kappa shape index (κ2) is 8.53. The summed E-state index contributed by atoms with van der Waals surface area (Å²) in [6, 6.07) is 13.8. The molecular weight excluding hydrogens is 371 g/mol. The molecule has 1 fully saturated rings. The van der Waals surface area contributed by atoms with Crippen LogP contribution in [0.4, 0.5) is 10.1 Å². The Labute approximate surface area is 168 Å². The van der Waals surface area contributed by atoms with Crippen molar-refractivity contribution >= 4 is 11.6 Å². The van der Waals surface area contributed by atoms with Crippen molar-refractivity contribution in [2.45, 2.75) is 25.7 Å². The topological polar surface area (TPSA) is 71.3 Å². The molecule has 2 aromatic carbocycles. The van der Waals surface area contributed by atoms with Gasteiger partial charge in [0.05, 0.1) is 6.54 Å². The van der Waals surface area contributed by atoms with Crippen LogP contribution in [0, 0.1) is 12.7 Å². The van der Waals surface area contributed by atoms with Crippen molar-refractivity contribution in [2.75, 3.05) is 25.0 Å². The predicted molar refractivity (Wildman–Crippen MR) is 108 cm³/mol. The molecule has 0 aliphatic carbocycles. The Kier molecular flexibility index (Phi) is 5.67. The lowest BCUT2D eigenvalue weighted by Crippen LogP contribution is -2.38. The van der Waals surface area contributed by atoms with Crippen molar-refractivity contribution in [1.29, 1.82) is 0 Å². The number of nitrogens with zero attached hydrogens (tertiary/aromatic N) is 3. The molecule has 3 aromatic rings. The van der Waals surface area contributed by atoms with E-state index in [0.717, 1.165) is 31.5 Å². The fraction of sp³-hybridized carbons (Fsp3) is 0.318. The maximum absolute atomic E-state index is 12.9. The molecule has 1 aliphatic heterocycles. The number of benzene rings is 2. The zero-order chi connectivity index (χ0) is 20.2. The quantitative estimate of drug-likeness (QED) is 0.708. The molecule has 0 unspecified atom stereocenters. The second-order valence-electron chi connectivity index (χ2n) is 7.43. The number of aryl methyl sites for hydroxylation is 1. The fourth-order valence-electron chi connectivity index (χ4n) is 3.50. The molecule has 1 aliphatic rings. The highest BCUT2D eigenvalue weighted by atomic mass is 19.1. The van der Waals surface area contributed by atoms with Gasteiger partial charge >= 0.3 is 0 Å². The first-order chi connectivity index (χ1) is 14.1. The van der Waals surface area contributed by atoms with Gasteiger partial charge in [-0.05, 0) is 57.1 Å². The van der Waals surface area contributed by atoms with E-state index in [1.54, 1.807) is 12.1 Å². The standard InChI is InChI=1S/C22H23FN4O2/c1-15-2-4-16(5-3-15)21-25-22(29-26-21)17-10-12-27(13-11-17)14-20(28)24-19-8-6-18(23)7-9-19/h2-9,17H,10-14H2,1H3,(H,24,28). The molecule has 29 heavy (non-hydrogen) atoms. The van der Waals surface area contributed by atoms with Crippen LogP contribution in [-0.2, 0) is 4.79 Å². The van der Waals surface area contributed by atoms with Crippen molar-refractivity contribution in [3.05, 3.63) is 65.8 Å². The summed E-state index contributed by atoms with van der Waals surface area (Å²) in [6.45, 7) is 3.91. The zero-order valence-electron chi connectivity index (χ0n) is 16.3. The molecule has 7 heteroatoms. The van der Waals surface area contributed by atoms with Gasteiger partial charge in [0.15, 0.2) is 0 Å². The summed E-state index contributed by atoms with van der Waals surface area (Å²) in [6.07, 6.45) is 1.72. The molecule has 150 valence electrons. The number of aromatic nitrogens is 2. The van der Waals surface area contributed by atoms with Gasteiger partial charge in [0.1, 0.15) is 5.82 Å². The van der Waals surface area contributed by atoms with Gasteiger partial charge in [0.2, 0.25) is 17.6 Å². The van der Waals surface area contributed by atoms with E-state index in [0.29, 0.717) is 23.9 Å². The average molecular weight is 394 g/mol. The van der Waals surface area contributed by atoms with E-state index in [9.17, 15) is 9.18 Å². The molecule has 0 saturated carbocycles. The van der Waals surface area contributed by atoms with Crippen LogP contribution >= 0.6 is 0 Å². The normalized spacial score (nSPS) is 15.4. The number of carbonyl (C=O) groups excluding carboxylic acids is 1. The summed E-state index contributed by atoms with van der Waals surface area (Å²) in [5.41, 5.74) is 2.73. The van der Waals surface area contributed by atoms with E-state index >= 15 is 0 Å². The lowest BCUT2D eigenvalue weighted by molar-refractivity contribution is -0.117. The van der Waals surface area contributed by atoms with Gasteiger partial charge < -0.3 is 9.84 Å². The molecule has 0 atom stereocenters. The lowest BCUT2D eigenvalue weighted by atomic mass is 9.97. The number of carbonyl (C=O) groups is 1. The Morgan fingerprint density at radius 3 is 2.52 bits per heavy atom. The highest BCUT2D eigenvalue weighted by Crippen LogP contribution is 2.28. The Hall–Kier alpha value is -3.06. The van der Waals surface area contributed by atoms with Crippen LogP contribution in [-0.4, -0.2) is 40.6 Å². The van der Waals surface area contributed by atoms with E-state index < -0.39 is 0 Å². The molecule has 6 nitrogen and oxygen atoms in total. The number of likely N-dealkylation sites (tertiary alicyclic amines) is 1. The summed E-state index contributed by atoms with van der Waals surface area (Å²) in [7, 11) is 0. The molecule has 4 rings (SSSR count). The molecule has 2 heterocycles. The van der Waals surface area contributed by atoms with Crippen molar-refractivity contribution in [3.63, 3.8) is 0 Å². The minimum atomic E-state index is -0.323. The van der Waals surface area contributed by atoms with Crippen LogP contribution in [0.1, 0.15) is 30.2 Å². The minimum absolute atomic E-state index is 0.102. The average Bonchev–Trinajstić information content (AvgIpc) is 3.21. The number of anilines is 1. The SMILES string of the molecule is Cc1ccc(-c2noc(C3CCN(CC(=O)Nc4ccc(F)cc4)CC3)n2)cc1. The van der Waals surface area contributed by atoms with Crippen LogP contribution in [0.25, 0.3) is 11.4 Å². The number of halogens is 1. The number of nitrogens with one attached hydrogen (secondary N) is 1. The van der Waals surface area contributed by atoms with E-state index in [2.05, 4.69) is 20.4 Å². The van der Waals surface area contributed by atoms with Gasteiger partial charge in [0.25, 0.3) is 0 Å². The van der Waals surface area contributed by atoms with Gasteiger partial charge in [-0.1, -0.05) is 35.0 Å². The third-order valence-electron chi connectivity index (χ3n) is 5.18. The number of hydrogen-bond acceptors (Lipinski definition) is 5. The predicted octanol–water partition coefficient (Wildman–Crippen LogP) is 4.00. The number of amides is 1. The molecule has 0 radical (unpaired) electrons. The molecule has 0 spiro atoms. The monoisotopic (exact) mass is 394 g/mol. The second-order valence-corrected chi connectivity index (χ2v) is 7.43. The van der Waals surface area contributed by atoms with Crippen molar-refractivity contribution in [2.24, 2.45) is 0 Å².